The quantitative estimate of drug-likeness (QED) is 0.612. The van der Waals surface area contributed by atoms with Crippen molar-refractivity contribution < 1.29 is 8.78 Å². The fraction of sp³-hybridized carbons (Fsp3) is 0.500. The van der Waals surface area contributed by atoms with Crippen LogP contribution in [-0.2, 0) is 0 Å². The molecule has 0 amide bonds. The summed E-state index contributed by atoms with van der Waals surface area (Å²) in [7, 11) is 0. The Labute approximate surface area is 93.8 Å². The first-order chi connectivity index (χ1) is 7.74. The van der Waals surface area contributed by atoms with Crippen LogP contribution in [0.5, 0.6) is 0 Å². The van der Waals surface area contributed by atoms with Crippen LogP contribution in [0.1, 0.15) is 42.3 Å². The summed E-state index contributed by atoms with van der Waals surface area (Å²) in [6.07, 6.45) is 0.898. The fourth-order valence-electron chi connectivity index (χ4n) is 2.18. The Hall–Kier alpha value is -1.00. The molecule has 4 heteroatoms. The average Bonchev–Trinajstić information content (AvgIpc) is 2.18. The van der Waals surface area contributed by atoms with Gasteiger partial charge in [0.15, 0.2) is 0 Å². The first-order valence-corrected chi connectivity index (χ1v) is 5.57. The van der Waals surface area contributed by atoms with Crippen LogP contribution in [0.3, 0.4) is 0 Å². The molecule has 0 radical (unpaired) electrons. The number of nitrogens with two attached hydrogens (primary N) is 1. The van der Waals surface area contributed by atoms with Crippen molar-refractivity contribution in [2.24, 2.45) is 5.84 Å². The molecule has 16 heavy (non-hydrogen) atoms. The third kappa shape index (κ3) is 2.08. The van der Waals surface area contributed by atoms with Gasteiger partial charge in [-0.05, 0) is 29.9 Å². The van der Waals surface area contributed by atoms with E-state index < -0.39 is 12.5 Å². The highest BCUT2D eigenvalue weighted by molar-refractivity contribution is 5.34. The molecule has 2 nitrogen and oxygen atoms in total. The number of alkyl halides is 2. The van der Waals surface area contributed by atoms with Gasteiger partial charge in [0, 0.05) is 0 Å². The van der Waals surface area contributed by atoms with Crippen LogP contribution in [0.15, 0.2) is 24.3 Å². The predicted octanol–water partition coefficient (Wildman–Crippen LogP) is 2.72. The lowest BCUT2D eigenvalue weighted by atomic mass is 9.77. The summed E-state index contributed by atoms with van der Waals surface area (Å²) in [5.41, 5.74) is 3.88. The minimum absolute atomic E-state index is 0.436. The van der Waals surface area contributed by atoms with E-state index in [0.29, 0.717) is 11.5 Å². The fourth-order valence-corrected chi connectivity index (χ4v) is 2.18. The van der Waals surface area contributed by atoms with E-state index in [2.05, 4.69) is 5.43 Å². The Kier molecular flexibility index (Phi) is 3.51. The summed E-state index contributed by atoms with van der Waals surface area (Å²) >= 11 is 0. The van der Waals surface area contributed by atoms with Crippen LogP contribution in [0.25, 0.3) is 0 Å². The van der Waals surface area contributed by atoms with Gasteiger partial charge in [-0.15, -0.1) is 0 Å². The molecule has 0 saturated heterocycles. The second kappa shape index (κ2) is 4.89. The van der Waals surface area contributed by atoms with E-state index in [4.69, 9.17) is 5.84 Å². The lowest BCUT2D eigenvalue weighted by Crippen LogP contribution is -2.34. The lowest BCUT2D eigenvalue weighted by molar-refractivity contribution is 0.0978. The van der Waals surface area contributed by atoms with Gasteiger partial charge in [-0.3, -0.25) is 5.84 Å². The molecule has 1 atom stereocenters. The van der Waals surface area contributed by atoms with Gasteiger partial charge >= 0.3 is 0 Å². The lowest BCUT2D eigenvalue weighted by Gasteiger charge is -2.30. The molecule has 1 unspecified atom stereocenters. The summed E-state index contributed by atoms with van der Waals surface area (Å²) in [5, 5.41) is 0. The predicted molar refractivity (Wildman–Crippen MR) is 59.1 cm³/mol. The van der Waals surface area contributed by atoms with Crippen LogP contribution in [0.4, 0.5) is 8.78 Å². The number of hydrogen-bond acceptors (Lipinski definition) is 2. The van der Waals surface area contributed by atoms with Crippen molar-refractivity contribution >= 4 is 0 Å². The zero-order chi connectivity index (χ0) is 11.5. The zero-order valence-corrected chi connectivity index (χ0v) is 9.00. The maximum Gasteiger partial charge on any atom is 0.259 e. The molecule has 1 saturated carbocycles. The van der Waals surface area contributed by atoms with Crippen molar-refractivity contribution in [3.63, 3.8) is 0 Å². The molecule has 2 rings (SSSR count). The number of hydrazine groups is 1. The Morgan fingerprint density at radius 1 is 1.25 bits per heavy atom. The van der Waals surface area contributed by atoms with Crippen molar-refractivity contribution in [2.45, 2.75) is 37.6 Å². The van der Waals surface area contributed by atoms with Gasteiger partial charge in [0.2, 0.25) is 0 Å². The second-order valence-electron chi connectivity index (χ2n) is 4.24. The van der Waals surface area contributed by atoms with Gasteiger partial charge in [-0.2, -0.15) is 0 Å². The molecule has 1 aromatic carbocycles. The number of halogens is 2. The van der Waals surface area contributed by atoms with E-state index in [1.807, 2.05) is 12.1 Å². The van der Waals surface area contributed by atoms with Crippen LogP contribution >= 0.6 is 0 Å². The van der Waals surface area contributed by atoms with E-state index in [9.17, 15) is 8.78 Å². The molecular formula is C12H16F2N2. The third-order valence-electron chi connectivity index (χ3n) is 3.31. The SMILES string of the molecule is NNC(c1ccccc1C1CCC1)C(F)F. The number of nitrogens with one attached hydrogen (secondary N) is 1. The van der Waals surface area contributed by atoms with E-state index in [1.54, 1.807) is 12.1 Å². The minimum Gasteiger partial charge on any atom is -0.271 e. The van der Waals surface area contributed by atoms with Gasteiger partial charge in [0.05, 0.1) is 0 Å². The van der Waals surface area contributed by atoms with Crippen molar-refractivity contribution in [1.29, 1.82) is 0 Å². The highest BCUT2D eigenvalue weighted by Crippen LogP contribution is 2.40. The molecule has 0 bridgehead atoms. The Balaban J connectivity index is 2.30. The van der Waals surface area contributed by atoms with Crippen molar-refractivity contribution in [2.75, 3.05) is 0 Å². The molecular weight excluding hydrogens is 210 g/mol. The molecule has 0 aliphatic heterocycles. The van der Waals surface area contributed by atoms with Crippen LogP contribution in [-0.4, -0.2) is 6.43 Å². The third-order valence-corrected chi connectivity index (χ3v) is 3.31. The summed E-state index contributed by atoms with van der Waals surface area (Å²) < 4.78 is 25.6. The first kappa shape index (κ1) is 11.5. The topological polar surface area (TPSA) is 38.0 Å². The summed E-state index contributed by atoms with van der Waals surface area (Å²) in [6, 6.07) is 6.30. The summed E-state index contributed by atoms with van der Waals surface area (Å²) in [5.74, 6) is 5.64. The van der Waals surface area contributed by atoms with Gasteiger partial charge in [-0.1, -0.05) is 30.7 Å². The highest BCUT2D eigenvalue weighted by Gasteiger charge is 2.28. The Morgan fingerprint density at radius 2 is 1.94 bits per heavy atom. The van der Waals surface area contributed by atoms with E-state index in [1.165, 1.54) is 6.42 Å². The standard InChI is InChI=1S/C12H16F2N2/c13-12(14)11(16-15)10-7-2-1-6-9(10)8-4-3-5-8/h1-2,6-8,11-12,16H,3-5,15H2. The molecule has 0 spiro atoms. The summed E-state index contributed by atoms with van der Waals surface area (Å²) in [6.45, 7) is 0. The average molecular weight is 226 g/mol. The van der Waals surface area contributed by atoms with Crippen LogP contribution in [0.2, 0.25) is 0 Å². The Morgan fingerprint density at radius 3 is 2.44 bits per heavy atom. The molecule has 1 aliphatic rings. The second-order valence-corrected chi connectivity index (χ2v) is 4.24. The number of hydrogen-bond donors (Lipinski definition) is 2. The van der Waals surface area contributed by atoms with Crippen molar-refractivity contribution in [3.05, 3.63) is 35.4 Å². The van der Waals surface area contributed by atoms with E-state index in [-0.39, 0.29) is 0 Å². The van der Waals surface area contributed by atoms with Gasteiger partial charge < -0.3 is 0 Å². The molecule has 0 heterocycles. The molecule has 1 aliphatic carbocycles. The van der Waals surface area contributed by atoms with E-state index in [0.717, 1.165) is 18.4 Å². The van der Waals surface area contributed by atoms with Crippen LogP contribution in [0, 0.1) is 0 Å². The number of benzene rings is 1. The zero-order valence-electron chi connectivity index (χ0n) is 9.00. The molecule has 0 aromatic heterocycles. The van der Waals surface area contributed by atoms with Crippen molar-refractivity contribution in [1.82, 2.24) is 5.43 Å². The highest BCUT2D eigenvalue weighted by atomic mass is 19.3. The van der Waals surface area contributed by atoms with Crippen molar-refractivity contribution in [3.8, 4) is 0 Å². The molecule has 88 valence electrons. The molecule has 1 fully saturated rings. The molecule has 1 aromatic rings. The smallest absolute Gasteiger partial charge is 0.259 e. The Bertz CT molecular complexity index is 351. The maximum absolute atomic E-state index is 12.8. The minimum atomic E-state index is -2.48. The monoisotopic (exact) mass is 226 g/mol. The summed E-state index contributed by atoms with van der Waals surface area (Å²) in [4.78, 5) is 0. The van der Waals surface area contributed by atoms with Gasteiger partial charge in [0.1, 0.15) is 6.04 Å². The molecule has 3 N–H and O–H groups in total. The first-order valence-electron chi connectivity index (χ1n) is 5.57. The number of rotatable bonds is 4. The van der Waals surface area contributed by atoms with Crippen LogP contribution < -0.4 is 11.3 Å². The maximum atomic E-state index is 12.8. The largest absolute Gasteiger partial charge is 0.271 e. The van der Waals surface area contributed by atoms with E-state index >= 15 is 0 Å². The van der Waals surface area contributed by atoms with Gasteiger partial charge in [0.25, 0.3) is 6.43 Å². The normalized spacial score (nSPS) is 18.5. The van der Waals surface area contributed by atoms with Gasteiger partial charge in [-0.25, -0.2) is 14.2 Å².